The largest absolute Gasteiger partial charge is 0.460 e. The molecule has 0 saturated carbocycles. The third kappa shape index (κ3) is 6.13. The van der Waals surface area contributed by atoms with Crippen LogP contribution < -0.4 is 0 Å². The summed E-state index contributed by atoms with van der Waals surface area (Å²) in [7, 11) is 0. The third-order valence-corrected chi connectivity index (χ3v) is 7.30. The predicted octanol–water partition coefficient (Wildman–Crippen LogP) is 10.4. The van der Waals surface area contributed by atoms with Crippen LogP contribution in [0.5, 0.6) is 0 Å². The van der Waals surface area contributed by atoms with E-state index in [0.717, 1.165) is 6.08 Å². The lowest BCUT2D eigenvalue weighted by Crippen LogP contribution is -2.60. The molecule has 3 rings (SSSR count). The molecule has 0 spiro atoms. The van der Waals surface area contributed by atoms with Crippen molar-refractivity contribution in [3.05, 3.63) is 58.2 Å². The minimum absolute atomic E-state index is 0.0935. The minimum Gasteiger partial charge on any atom is -0.289 e. The Kier molecular flexibility index (Phi) is 9.35. The van der Waals surface area contributed by atoms with Gasteiger partial charge in [0.05, 0.1) is 0 Å². The highest BCUT2D eigenvalue weighted by Gasteiger charge is 2.82. The first kappa shape index (κ1) is 37.3. The summed E-state index contributed by atoms with van der Waals surface area (Å²) in [5.74, 6) is -40.1. The predicted molar refractivity (Wildman–Crippen MR) is 124 cm³/mol. The molecule has 19 heteroatoms. The highest BCUT2D eigenvalue weighted by atomic mass is 19.4. The van der Waals surface area contributed by atoms with Gasteiger partial charge >= 0.3 is 47.9 Å². The maximum absolute atomic E-state index is 13.8. The number of rotatable bonds is 12. The van der Waals surface area contributed by atoms with E-state index in [4.69, 9.17) is 0 Å². The molecule has 0 aromatic heterocycles. The normalized spacial score (nSPS) is 17.0. The molecular formula is C27H18F18O. The van der Waals surface area contributed by atoms with Gasteiger partial charge in [0.1, 0.15) is 0 Å². The van der Waals surface area contributed by atoms with Crippen LogP contribution in [0.4, 0.5) is 79.0 Å². The van der Waals surface area contributed by atoms with Crippen LogP contribution in [0.15, 0.2) is 41.5 Å². The van der Waals surface area contributed by atoms with Gasteiger partial charge in [-0.05, 0) is 54.0 Å². The Balaban J connectivity index is 1.67. The summed E-state index contributed by atoms with van der Waals surface area (Å²) in [4.78, 5) is 12.9. The van der Waals surface area contributed by atoms with Gasteiger partial charge in [-0.1, -0.05) is 30.4 Å². The molecule has 0 amide bonds. The summed E-state index contributed by atoms with van der Waals surface area (Å²) >= 11 is 0. The monoisotopic (exact) mass is 700 g/mol. The minimum atomic E-state index is -7.06. The van der Waals surface area contributed by atoms with Crippen molar-refractivity contribution in [2.24, 2.45) is 0 Å². The lowest BCUT2D eigenvalue weighted by molar-refractivity contribution is -0.396. The van der Waals surface area contributed by atoms with E-state index in [2.05, 4.69) is 0 Å². The van der Waals surface area contributed by atoms with Crippen molar-refractivity contribution < 1.29 is 83.8 Å². The van der Waals surface area contributed by atoms with Crippen molar-refractivity contribution in [3.8, 4) is 0 Å². The Morgan fingerprint density at radius 3 is 1.43 bits per heavy atom. The first-order valence-electron chi connectivity index (χ1n) is 12.7. The van der Waals surface area contributed by atoms with Crippen molar-refractivity contribution in [2.45, 2.75) is 86.4 Å². The zero-order valence-electron chi connectivity index (χ0n) is 22.4. The molecule has 0 fully saturated rings. The number of carbonyl (C=O) groups excluding carboxylic acids is 1. The molecule has 0 aliphatic heterocycles. The Labute approximate surface area is 246 Å². The van der Waals surface area contributed by atoms with E-state index in [1.165, 1.54) is 30.4 Å². The van der Waals surface area contributed by atoms with Gasteiger partial charge in [0.15, 0.2) is 5.78 Å². The molecule has 258 valence electrons. The second kappa shape index (κ2) is 11.5. The van der Waals surface area contributed by atoms with Gasteiger partial charge in [0.2, 0.25) is 0 Å². The van der Waals surface area contributed by atoms with Crippen molar-refractivity contribution in [2.75, 3.05) is 0 Å². The van der Waals surface area contributed by atoms with Gasteiger partial charge in [0.25, 0.3) is 0 Å². The molecule has 2 aliphatic rings. The van der Waals surface area contributed by atoms with Gasteiger partial charge in [-0.2, -0.15) is 79.0 Å². The highest BCUT2D eigenvalue weighted by molar-refractivity contribution is 6.25. The SMILES string of the molecule is O=C1C(CCCC(F)(F)C(F)(F)C(F)(F)C(F)(F)F)=CC=C2C1=Cc1cc(CCCC(F)(F)C(F)(F)C(F)(F)C(F)(F)F)ccc12. The van der Waals surface area contributed by atoms with Crippen molar-refractivity contribution in [1.82, 2.24) is 0 Å². The van der Waals surface area contributed by atoms with E-state index in [-0.39, 0.29) is 27.8 Å². The van der Waals surface area contributed by atoms with Crippen molar-refractivity contribution in [3.63, 3.8) is 0 Å². The standard InChI is InChI=1S/C27H18F18O/c28-20(29,22(32,33)24(36,37)26(40,41)42)9-1-3-13-5-7-16-15(11-13)12-18-17(16)8-6-14(19(18)46)4-2-10-21(30,31)23(34,35)25(38,39)27(43,44)45/h5-8,11-12H,1-4,9-10H2. The first-order chi connectivity index (χ1) is 20.5. The summed E-state index contributed by atoms with van der Waals surface area (Å²) < 4.78 is 235. The Morgan fingerprint density at radius 1 is 0.522 bits per heavy atom. The van der Waals surface area contributed by atoms with Crippen LogP contribution in [0.25, 0.3) is 11.6 Å². The highest BCUT2D eigenvalue weighted by Crippen LogP contribution is 2.56. The van der Waals surface area contributed by atoms with Crippen molar-refractivity contribution >= 4 is 17.4 Å². The fraction of sp³-hybridized carbons (Fsp3) is 0.519. The average molecular weight is 700 g/mol. The Morgan fingerprint density at radius 2 is 0.978 bits per heavy atom. The van der Waals surface area contributed by atoms with E-state index in [9.17, 15) is 83.8 Å². The number of halogens is 18. The number of alkyl halides is 18. The average Bonchev–Trinajstić information content (AvgIpc) is 3.26. The van der Waals surface area contributed by atoms with E-state index >= 15 is 0 Å². The molecule has 1 aromatic carbocycles. The van der Waals surface area contributed by atoms with E-state index in [0.29, 0.717) is 5.56 Å². The number of Topliss-reactive ketones (excluding diaryl/α,β-unsaturated/α-hetero) is 1. The van der Waals surface area contributed by atoms with Crippen LogP contribution in [-0.2, 0) is 11.2 Å². The zero-order valence-corrected chi connectivity index (χ0v) is 22.4. The summed E-state index contributed by atoms with van der Waals surface area (Å²) in [6.07, 6.45) is -18.1. The second-order valence-electron chi connectivity index (χ2n) is 10.5. The smallest absolute Gasteiger partial charge is 0.289 e. The number of allylic oxidation sites excluding steroid dienone is 5. The van der Waals surface area contributed by atoms with Gasteiger partial charge in [0, 0.05) is 24.0 Å². The van der Waals surface area contributed by atoms with Gasteiger partial charge in [-0.3, -0.25) is 4.79 Å². The molecule has 0 bridgehead atoms. The fourth-order valence-corrected chi connectivity index (χ4v) is 4.65. The van der Waals surface area contributed by atoms with E-state index in [1.54, 1.807) is 0 Å². The maximum Gasteiger partial charge on any atom is 0.460 e. The third-order valence-electron chi connectivity index (χ3n) is 7.30. The fourth-order valence-electron chi connectivity index (χ4n) is 4.65. The number of hydrogen-bond acceptors (Lipinski definition) is 1. The second-order valence-corrected chi connectivity index (χ2v) is 10.5. The number of benzene rings is 1. The number of aryl methyl sites for hydroxylation is 1. The van der Waals surface area contributed by atoms with E-state index < -0.39 is 92.2 Å². The van der Waals surface area contributed by atoms with Crippen LogP contribution in [0, 0.1) is 0 Å². The number of hydrogen-bond donors (Lipinski definition) is 0. The molecule has 46 heavy (non-hydrogen) atoms. The van der Waals surface area contributed by atoms with Gasteiger partial charge in [-0.25, -0.2) is 0 Å². The molecule has 2 aliphatic carbocycles. The lowest BCUT2D eigenvalue weighted by atomic mass is 9.88. The van der Waals surface area contributed by atoms with Crippen LogP contribution in [0.2, 0.25) is 0 Å². The molecule has 0 N–H and O–H groups in total. The number of fused-ring (bicyclic) bond motifs is 3. The van der Waals surface area contributed by atoms with Crippen LogP contribution in [-0.4, -0.2) is 53.7 Å². The Hall–Kier alpha value is -3.15. The molecule has 0 atom stereocenters. The first-order valence-corrected chi connectivity index (χ1v) is 12.7. The molecule has 1 nitrogen and oxygen atoms in total. The Bertz CT molecular complexity index is 1440. The summed E-state index contributed by atoms with van der Waals surface area (Å²) in [5, 5.41) is 0. The summed E-state index contributed by atoms with van der Waals surface area (Å²) in [6.45, 7) is 0. The zero-order chi connectivity index (χ0) is 35.5. The molecule has 1 aromatic rings. The number of carbonyl (C=O) groups is 1. The quantitative estimate of drug-likeness (QED) is 0.199. The molecule has 0 unspecified atom stereocenters. The molecule has 0 radical (unpaired) electrons. The van der Waals surface area contributed by atoms with Crippen LogP contribution in [0.1, 0.15) is 48.8 Å². The molecular weight excluding hydrogens is 682 g/mol. The van der Waals surface area contributed by atoms with Crippen LogP contribution >= 0.6 is 0 Å². The van der Waals surface area contributed by atoms with Gasteiger partial charge in [-0.15, -0.1) is 0 Å². The molecule has 0 heterocycles. The maximum atomic E-state index is 13.8. The van der Waals surface area contributed by atoms with E-state index in [1.807, 2.05) is 0 Å². The lowest BCUT2D eigenvalue weighted by Gasteiger charge is -2.33. The van der Waals surface area contributed by atoms with Crippen molar-refractivity contribution in [1.29, 1.82) is 0 Å². The number of ketones is 1. The summed E-state index contributed by atoms with van der Waals surface area (Å²) in [6, 6.07) is 3.78. The molecule has 0 saturated heterocycles. The van der Waals surface area contributed by atoms with Gasteiger partial charge < -0.3 is 0 Å². The summed E-state index contributed by atoms with van der Waals surface area (Å²) in [5.41, 5.74) is 0.371. The topological polar surface area (TPSA) is 17.1 Å². The van der Waals surface area contributed by atoms with Crippen LogP contribution in [0.3, 0.4) is 0 Å².